The third-order valence-corrected chi connectivity index (χ3v) is 10.1. The molecule has 0 aromatic heterocycles. The van der Waals surface area contributed by atoms with Crippen LogP contribution < -0.4 is 0 Å². The highest BCUT2D eigenvalue weighted by atomic mass is 28.4. The molecule has 20 heavy (non-hydrogen) atoms. The minimum Gasteiger partial charge on any atom is -0.413 e. The highest BCUT2D eigenvalue weighted by Gasteiger charge is 2.39. The Hall–Kier alpha value is -0.126. The number of rotatable bonds is 8. The maximum atomic E-state index is 6.55. The molecule has 0 N–H and O–H groups in total. The van der Waals surface area contributed by atoms with Gasteiger partial charge in [-0.2, -0.15) is 0 Å². The Labute approximate surface area is 129 Å². The first-order valence-electron chi connectivity index (χ1n) is 7.74. The molecule has 118 valence electrons. The molecule has 0 spiro atoms. The maximum Gasteiger partial charge on any atom is 0.192 e. The van der Waals surface area contributed by atoms with Crippen LogP contribution in [0.15, 0.2) is 24.8 Å². The van der Waals surface area contributed by atoms with Crippen LogP contribution in [0.2, 0.25) is 43.8 Å². The summed E-state index contributed by atoms with van der Waals surface area (Å²) in [5, 5.41) is 0.256. The first kappa shape index (κ1) is 19.9. The van der Waals surface area contributed by atoms with Crippen molar-refractivity contribution in [2.24, 2.45) is 0 Å². The standard InChI is InChI=1S/C17H36OSi2/c1-11-12-16(13-15(2)14-19(6,7)8)18-20(9,10)17(3,4)5/h11,16H,1-2,12-14H2,3-10H3/t16-/m0/s1. The summed E-state index contributed by atoms with van der Waals surface area (Å²) < 4.78 is 6.55. The van der Waals surface area contributed by atoms with Crippen LogP contribution in [0.3, 0.4) is 0 Å². The summed E-state index contributed by atoms with van der Waals surface area (Å²) in [4.78, 5) is 0. The topological polar surface area (TPSA) is 9.23 Å². The summed E-state index contributed by atoms with van der Waals surface area (Å²) in [5.41, 5.74) is 1.36. The molecule has 0 unspecified atom stereocenters. The van der Waals surface area contributed by atoms with Crippen molar-refractivity contribution < 1.29 is 4.43 Å². The van der Waals surface area contributed by atoms with Crippen molar-refractivity contribution in [3.05, 3.63) is 24.8 Å². The van der Waals surface area contributed by atoms with Crippen LogP contribution in [0.1, 0.15) is 33.6 Å². The highest BCUT2D eigenvalue weighted by Crippen LogP contribution is 2.38. The second-order valence-electron chi connectivity index (χ2n) is 8.72. The molecule has 1 nitrogen and oxygen atoms in total. The van der Waals surface area contributed by atoms with Crippen molar-refractivity contribution in [1.29, 1.82) is 0 Å². The van der Waals surface area contributed by atoms with E-state index in [1.54, 1.807) is 0 Å². The quantitative estimate of drug-likeness (QED) is 0.381. The van der Waals surface area contributed by atoms with Crippen LogP contribution in [0, 0.1) is 0 Å². The molecule has 0 fully saturated rings. The molecule has 0 aromatic rings. The molecule has 0 aliphatic rings. The molecule has 1 atom stereocenters. The second kappa shape index (κ2) is 7.23. The van der Waals surface area contributed by atoms with Gasteiger partial charge in [-0.1, -0.05) is 52.1 Å². The third-order valence-electron chi connectivity index (χ3n) is 3.99. The molecule has 3 heteroatoms. The lowest BCUT2D eigenvalue weighted by Gasteiger charge is -2.39. The van der Waals surface area contributed by atoms with Crippen molar-refractivity contribution in [3.8, 4) is 0 Å². The van der Waals surface area contributed by atoms with E-state index in [4.69, 9.17) is 4.43 Å². The number of hydrogen-bond donors (Lipinski definition) is 0. The smallest absolute Gasteiger partial charge is 0.192 e. The summed E-state index contributed by atoms with van der Waals surface area (Å²) in [7, 11) is -2.78. The lowest BCUT2D eigenvalue weighted by molar-refractivity contribution is 0.183. The van der Waals surface area contributed by atoms with Gasteiger partial charge < -0.3 is 4.43 Å². The molecule has 0 saturated carbocycles. The molecular weight excluding hydrogens is 276 g/mol. The highest BCUT2D eigenvalue weighted by molar-refractivity contribution is 6.76. The van der Waals surface area contributed by atoms with E-state index in [1.807, 2.05) is 6.08 Å². The summed E-state index contributed by atoms with van der Waals surface area (Å²) >= 11 is 0. The molecule has 0 aromatic carbocycles. The maximum absolute atomic E-state index is 6.55. The summed E-state index contributed by atoms with van der Waals surface area (Å²) in [6, 6.07) is 1.20. The van der Waals surface area contributed by atoms with Crippen molar-refractivity contribution in [1.82, 2.24) is 0 Å². The van der Waals surface area contributed by atoms with Crippen LogP contribution in [-0.4, -0.2) is 22.5 Å². The van der Waals surface area contributed by atoms with Gasteiger partial charge >= 0.3 is 0 Å². The Kier molecular flexibility index (Phi) is 7.19. The van der Waals surface area contributed by atoms with Crippen LogP contribution >= 0.6 is 0 Å². The minimum absolute atomic E-state index is 0.256. The predicted octanol–water partition coefficient (Wildman–Crippen LogP) is 6.24. The average Bonchev–Trinajstić information content (AvgIpc) is 2.11. The first-order chi connectivity index (χ1) is 8.78. The third kappa shape index (κ3) is 7.60. The van der Waals surface area contributed by atoms with E-state index in [1.165, 1.54) is 11.6 Å². The lowest BCUT2D eigenvalue weighted by atomic mass is 10.1. The Bertz CT molecular complexity index is 332. The molecule has 0 radical (unpaired) electrons. The molecular formula is C17H36OSi2. The van der Waals surface area contributed by atoms with Gasteiger partial charge in [-0.3, -0.25) is 0 Å². The lowest BCUT2D eigenvalue weighted by Crippen LogP contribution is -2.44. The van der Waals surface area contributed by atoms with Crippen molar-refractivity contribution in [2.45, 2.75) is 83.5 Å². The molecule has 0 amide bonds. The Morgan fingerprint density at radius 2 is 1.65 bits per heavy atom. The molecule has 0 rings (SSSR count). The van der Waals surface area contributed by atoms with Crippen molar-refractivity contribution in [3.63, 3.8) is 0 Å². The zero-order chi connectivity index (χ0) is 16.2. The monoisotopic (exact) mass is 312 g/mol. The van der Waals surface area contributed by atoms with Gasteiger partial charge in [-0.05, 0) is 37.0 Å². The van der Waals surface area contributed by atoms with Gasteiger partial charge in [0.05, 0.1) is 6.10 Å². The fourth-order valence-corrected chi connectivity index (χ4v) is 5.11. The van der Waals surface area contributed by atoms with Crippen LogP contribution in [-0.2, 0) is 4.43 Å². The van der Waals surface area contributed by atoms with E-state index in [2.05, 4.69) is 66.7 Å². The summed E-state index contributed by atoms with van der Waals surface area (Å²) in [6.45, 7) is 26.9. The van der Waals surface area contributed by atoms with Gasteiger partial charge in [0.15, 0.2) is 8.32 Å². The van der Waals surface area contributed by atoms with Crippen LogP contribution in [0.25, 0.3) is 0 Å². The van der Waals surface area contributed by atoms with Gasteiger partial charge in [0.1, 0.15) is 0 Å². The Balaban J connectivity index is 4.75. The van der Waals surface area contributed by atoms with Crippen LogP contribution in [0.5, 0.6) is 0 Å². The van der Waals surface area contributed by atoms with E-state index >= 15 is 0 Å². The molecule has 0 heterocycles. The molecule has 0 aliphatic carbocycles. The largest absolute Gasteiger partial charge is 0.413 e. The van der Waals surface area contributed by atoms with Gasteiger partial charge in [0, 0.05) is 8.07 Å². The summed E-state index contributed by atoms with van der Waals surface area (Å²) in [6.07, 6.45) is 4.16. The average molecular weight is 313 g/mol. The Morgan fingerprint density at radius 3 is 2.00 bits per heavy atom. The second-order valence-corrected chi connectivity index (χ2v) is 18.9. The fraction of sp³-hybridized carbons (Fsp3) is 0.765. The normalized spacial score (nSPS) is 15.0. The van der Waals surface area contributed by atoms with Crippen LogP contribution in [0.4, 0.5) is 0 Å². The molecule has 0 aliphatic heterocycles. The molecule has 0 saturated heterocycles. The Morgan fingerprint density at radius 1 is 1.15 bits per heavy atom. The zero-order valence-corrected chi connectivity index (χ0v) is 17.1. The minimum atomic E-state index is -1.71. The van der Waals surface area contributed by atoms with E-state index in [0.29, 0.717) is 0 Å². The van der Waals surface area contributed by atoms with Gasteiger partial charge in [-0.25, -0.2) is 0 Å². The summed E-state index contributed by atoms with van der Waals surface area (Å²) in [5.74, 6) is 0. The zero-order valence-electron chi connectivity index (χ0n) is 15.1. The van der Waals surface area contributed by atoms with E-state index in [9.17, 15) is 0 Å². The fourth-order valence-electron chi connectivity index (χ4n) is 2.10. The predicted molar refractivity (Wildman–Crippen MR) is 98.8 cm³/mol. The number of hydrogen-bond acceptors (Lipinski definition) is 1. The van der Waals surface area contributed by atoms with Gasteiger partial charge in [-0.15, -0.1) is 13.2 Å². The van der Waals surface area contributed by atoms with E-state index in [-0.39, 0.29) is 11.1 Å². The SMILES string of the molecule is C=CC[C@@H](CC(=C)C[Si](C)(C)C)O[Si](C)(C)C(C)(C)C. The van der Waals surface area contributed by atoms with Crippen molar-refractivity contribution >= 4 is 16.4 Å². The van der Waals surface area contributed by atoms with Crippen molar-refractivity contribution in [2.75, 3.05) is 0 Å². The first-order valence-corrected chi connectivity index (χ1v) is 14.4. The van der Waals surface area contributed by atoms with Gasteiger partial charge in [0.25, 0.3) is 0 Å². The van der Waals surface area contributed by atoms with E-state index < -0.39 is 16.4 Å². The van der Waals surface area contributed by atoms with Gasteiger partial charge in [0.2, 0.25) is 0 Å². The molecule has 0 bridgehead atoms. The van der Waals surface area contributed by atoms with E-state index in [0.717, 1.165) is 12.8 Å².